The van der Waals surface area contributed by atoms with Crippen molar-refractivity contribution in [2.75, 3.05) is 6.54 Å². The van der Waals surface area contributed by atoms with Gasteiger partial charge in [-0.2, -0.15) is 0 Å². The summed E-state index contributed by atoms with van der Waals surface area (Å²) in [7, 11) is 0. The largest absolute Gasteiger partial charge is 0.393 e. The number of amides is 1. The van der Waals surface area contributed by atoms with Gasteiger partial charge >= 0.3 is 0 Å². The van der Waals surface area contributed by atoms with Gasteiger partial charge in [-0.25, -0.2) is 4.98 Å². The van der Waals surface area contributed by atoms with Gasteiger partial charge in [0.2, 0.25) is 5.91 Å². The van der Waals surface area contributed by atoms with E-state index >= 15 is 0 Å². The molecule has 128 valence electrons. The molecule has 2 aliphatic carbocycles. The van der Waals surface area contributed by atoms with Gasteiger partial charge in [0.15, 0.2) is 0 Å². The lowest BCUT2D eigenvalue weighted by Gasteiger charge is -2.26. The second-order valence-corrected chi connectivity index (χ2v) is 7.31. The summed E-state index contributed by atoms with van der Waals surface area (Å²) in [6, 6.07) is 8.04. The van der Waals surface area contributed by atoms with Crippen LogP contribution >= 0.6 is 0 Å². The average Bonchev–Trinajstić information content (AvgIpc) is 3.36. The first-order valence-electron chi connectivity index (χ1n) is 9.10. The van der Waals surface area contributed by atoms with Gasteiger partial charge in [-0.1, -0.05) is 18.6 Å². The van der Waals surface area contributed by atoms with Crippen LogP contribution in [0.2, 0.25) is 0 Å². The predicted octanol–water partition coefficient (Wildman–Crippen LogP) is 2.58. The van der Waals surface area contributed by atoms with Gasteiger partial charge in [0.1, 0.15) is 12.4 Å². The third-order valence-corrected chi connectivity index (χ3v) is 5.27. The number of benzene rings is 1. The van der Waals surface area contributed by atoms with E-state index in [1.165, 1.54) is 12.8 Å². The summed E-state index contributed by atoms with van der Waals surface area (Å²) in [5.41, 5.74) is 2.02. The van der Waals surface area contributed by atoms with Gasteiger partial charge in [0, 0.05) is 12.5 Å². The van der Waals surface area contributed by atoms with Gasteiger partial charge in [0.25, 0.3) is 0 Å². The molecule has 1 aromatic carbocycles. The molecule has 1 heterocycles. The lowest BCUT2D eigenvalue weighted by Crippen LogP contribution is -2.35. The first-order chi connectivity index (χ1) is 11.7. The van der Waals surface area contributed by atoms with E-state index in [-0.39, 0.29) is 12.0 Å². The van der Waals surface area contributed by atoms with E-state index < -0.39 is 0 Å². The number of rotatable bonds is 5. The summed E-state index contributed by atoms with van der Waals surface area (Å²) < 4.78 is 2.08. The summed E-state index contributed by atoms with van der Waals surface area (Å²) in [4.78, 5) is 17.2. The molecule has 0 bridgehead atoms. The Kier molecular flexibility index (Phi) is 4.27. The zero-order chi connectivity index (χ0) is 16.5. The van der Waals surface area contributed by atoms with Crippen molar-refractivity contribution < 1.29 is 9.90 Å². The van der Waals surface area contributed by atoms with Crippen LogP contribution in [0, 0.1) is 5.92 Å². The monoisotopic (exact) mass is 327 g/mol. The number of hydrogen-bond donors (Lipinski definition) is 2. The Labute approximate surface area is 142 Å². The minimum Gasteiger partial charge on any atom is -0.393 e. The van der Waals surface area contributed by atoms with Crippen LogP contribution in [0.25, 0.3) is 11.0 Å². The molecule has 2 unspecified atom stereocenters. The Morgan fingerprint density at radius 2 is 2.08 bits per heavy atom. The molecule has 0 spiro atoms. The zero-order valence-corrected chi connectivity index (χ0v) is 13.9. The highest BCUT2D eigenvalue weighted by molar-refractivity contribution is 5.81. The summed E-state index contributed by atoms with van der Waals surface area (Å²) in [6.07, 6.45) is 6.01. The summed E-state index contributed by atoms with van der Waals surface area (Å²) in [5.74, 6) is 2.01. The third kappa shape index (κ3) is 3.31. The van der Waals surface area contributed by atoms with Crippen molar-refractivity contribution in [3.8, 4) is 0 Å². The molecule has 2 saturated carbocycles. The number of imidazole rings is 1. The number of hydrogen-bond acceptors (Lipinski definition) is 3. The van der Waals surface area contributed by atoms with E-state index in [1.54, 1.807) is 0 Å². The molecule has 5 heteroatoms. The molecule has 0 saturated heterocycles. The van der Waals surface area contributed by atoms with Crippen LogP contribution in [-0.4, -0.2) is 33.2 Å². The summed E-state index contributed by atoms with van der Waals surface area (Å²) >= 11 is 0. The smallest absolute Gasteiger partial charge is 0.240 e. The van der Waals surface area contributed by atoms with Crippen molar-refractivity contribution in [2.24, 2.45) is 5.92 Å². The van der Waals surface area contributed by atoms with E-state index in [0.29, 0.717) is 24.9 Å². The maximum atomic E-state index is 12.5. The van der Waals surface area contributed by atoms with Crippen molar-refractivity contribution in [2.45, 2.75) is 57.1 Å². The Bertz CT molecular complexity index is 735. The molecule has 0 radical (unpaired) electrons. The van der Waals surface area contributed by atoms with Gasteiger partial charge in [-0.15, -0.1) is 0 Å². The van der Waals surface area contributed by atoms with E-state index in [0.717, 1.165) is 42.5 Å². The number of fused-ring (bicyclic) bond motifs is 1. The van der Waals surface area contributed by atoms with Crippen LogP contribution in [0.5, 0.6) is 0 Å². The minimum atomic E-state index is -0.195. The van der Waals surface area contributed by atoms with Gasteiger partial charge in [0.05, 0.1) is 17.1 Å². The first kappa shape index (κ1) is 15.6. The molecule has 0 aliphatic heterocycles. The van der Waals surface area contributed by atoms with Crippen molar-refractivity contribution >= 4 is 16.9 Å². The number of aliphatic hydroxyl groups is 1. The maximum Gasteiger partial charge on any atom is 0.240 e. The summed E-state index contributed by atoms with van der Waals surface area (Å²) in [5, 5.41) is 12.8. The summed E-state index contributed by atoms with van der Waals surface area (Å²) in [6.45, 7) is 1.00. The number of aromatic nitrogens is 2. The molecule has 24 heavy (non-hydrogen) atoms. The SMILES string of the molecule is O=C(Cn1c(C2CC2)nc2ccccc21)NCC1CCCC(O)C1. The number of para-hydroxylation sites is 2. The molecule has 4 rings (SSSR count). The molecule has 1 amide bonds. The van der Waals surface area contributed by atoms with E-state index in [1.807, 2.05) is 24.3 Å². The van der Waals surface area contributed by atoms with Crippen molar-refractivity contribution in [3.05, 3.63) is 30.1 Å². The number of nitrogens with one attached hydrogen (secondary N) is 1. The van der Waals surface area contributed by atoms with E-state index in [2.05, 4.69) is 9.88 Å². The fourth-order valence-corrected chi connectivity index (χ4v) is 3.82. The normalized spacial score (nSPS) is 24.2. The molecule has 2 N–H and O–H groups in total. The second kappa shape index (κ2) is 6.55. The zero-order valence-electron chi connectivity index (χ0n) is 13.9. The number of aliphatic hydroxyl groups excluding tert-OH is 1. The maximum absolute atomic E-state index is 12.5. The molecule has 2 atom stereocenters. The van der Waals surface area contributed by atoms with Crippen LogP contribution in [-0.2, 0) is 11.3 Å². The van der Waals surface area contributed by atoms with Crippen molar-refractivity contribution in [1.82, 2.24) is 14.9 Å². The topological polar surface area (TPSA) is 67.2 Å². The van der Waals surface area contributed by atoms with Gasteiger partial charge in [-0.3, -0.25) is 4.79 Å². The molecule has 2 fully saturated rings. The molecular formula is C19H25N3O2. The highest BCUT2D eigenvalue weighted by Gasteiger charge is 2.30. The van der Waals surface area contributed by atoms with Gasteiger partial charge < -0.3 is 15.0 Å². The Morgan fingerprint density at radius 3 is 2.88 bits per heavy atom. The van der Waals surface area contributed by atoms with Crippen LogP contribution in [0.15, 0.2) is 24.3 Å². The number of carbonyl (C=O) groups is 1. The van der Waals surface area contributed by atoms with Crippen LogP contribution in [0.3, 0.4) is 0 Å². The third-order valence-electron chi connectivity index (χ3n) is 5.27. The predicted molar refractivity (Wildman–Crippen MR) is 92.7 cm³/mol. The second-order valence-electron chi connectivity index (χ2n) is 7.31. The fraction of sp³-hybridized carbons (Fsp3) is 0.579. The van der Waals surface area contributed by atoms with Crippen molar-refractivity contribution in [3.63, 3.8) is 0 Å². The van der Waals surface area contributed by atoms with Crippen LogP contribution in [0.1, 0.15) is 50.3 Å². The molecule has 5 nitrogen and oxygen atoms in total. The van der Waals surface area contributed by atoms with Crippen LogP contribution < -0.4 is 5.32 Å². The Morgan fingerprint density at radius 1 is 1.25 bits per heavy atom. The van der Waals surface area contributed by atoms with Gasteiger partial charge in [-0.05, 0) is 50.2 Å². The first-order valence-corrected chi connectivity index (χ1v) is 9.10. The average molecular weight is 327 g/mol. The minimum absolute atomic E-state index is 0.0418. The number of carbonyl (C=O) groups excluding carboxylic acids is 1. The Balaban J connectivity index is 1.43. The van der Waals surface area contributed by atoms with E-state index in [4.69, 9.17) is 4.98 Å². The standard InChI is InChI=1S/C19H25N3O2/c23-15-5-3-4-13(10-15)11-20-18(24)12-22-17-7-2-1-6-16(17)21-19(22)14-8-9-14/h1-2,6-7,13-15,23H,3-5,8-12H2,(H,20,24). The van der Waals surface area contributed by atoms with E-state index in [9.17, 15) is 9.90 Å². The lowest BCUT2D eigenvalue weighted by molar-refractivity contribution is -0.121. The number of nitrogens with zero attached hydrogens (tertiary/aromatic N) is 2. The van der Waals surface area contributed by atoms with Crippen LogP contribution in [0.4, 0.5) is 0 Å². The quantitative estimate of drug-likeness (QED) is 0.887. The lowest BCUT2D eigenvalue weighted by atomic mass is 9.87. The molecule has 2 aliphatic rings. The molecular weight excluding hydrogens is 302 g/mol. The van der Waals surface area contributed by atoms with Crippen molar-refractivity contribution in [1.29, 1.82) is 0 Å². The highest BCUT2D eigenvalue weighted by atomic mass is 16.3. The fourth-order valence-electron chi connectivity index (χ4n) is 3.82. The Hall–Kier alpha value is -1.88. The molecule has 1 aromatic heterocycles. The highest BCUT2D eigenvalue weighted by Crippen LogP contribution is 2.40. The molecule has 2 aromatic rings.